The molecule has 0 aliphatic carbocycles. The summed E-state index contributed by atoms with van der Waals surface area (Å²) < 4.78 is 18.8. The Kier molecular flexibility index (Phi) is 3.66. The Morgan fingerprint density at radius 1 is 1.47 bits per heavy atom. The van der Waals surface area contributed by atoms with E-state index >= 15 is 0 Å². The average molecular weight is 281 g/mol. The van der Waals surface area contributed by atoms with E-state index in [9.17, 15) is 9.18 Å². The van der Waals surface area contributed by atoms with Crippen LogP contribution >= 0.6 is 11.6 Å². The Bertz CT molecular complexity index is 647. The number of aromatic nitrogens is 1. The second-order valence-electron chi connectivity index (χ2n) is 3.73. The van der Waals surface area contributed by atoms with Gasteiger partial charge in [0.2, 0.25) is 5.78 Å². The second kappa shape index (κ2) is 5.24. The average Bonchev–Trinajstić information content (AvgIpc) is 2.40. The summed E-state index contributed by atoms with van der Waals surface area (Å²) in [5, 5.41) is 0.243. The van der Waals surface area contributed by atoms with Crippen molar-refractivity contribution in [2.45, 2.75) is 0 Å². The number of carbonyl (C=O) groups excluding carboxylic acids is 1. The Balaban J connectivity index is 2.59. The van der Waals surface area contributed by atoms with Gasteiger partial charge >= 0.3 is 0 Å². The molecule has 98 valence electrons. The van der Waals surface area contributed by atoms with Crippen molar-refractivity contribution >= 4 is 23.2 Å². The monoisotopic (exact) mass is 280 g/mol. The van der Waals surface area contributed by atoms with Crippen LogP contribution in [0.25, 0.3) is 0 Å². The molecule has 0 spiro atoms. The first-order valence-corrected chi connectivity index (χ1v) is 5.70. The van der Waals surface area contributed by atoms with Gasteiger partial charge in [0, 0.05) is 6.20 Å². The van der Waals surface area contributed by atoms with Gasteiger partial charge in [0.15, 0.2) is 0 Å². The van der Waals surface area contributed by atoms with Gasteiger partial charge in [-0.05, 0) is 18.2 Å². The standard InChI is InChI=1S/C13H10ClFN2O2/c1-19-10-4-2-3-9(15)11(10)12(18)8-5-7(14)6-17-13(8)16/h2-6H,1H3,(H2,16,17). The van der Waals surface area contributed by atoms with Gasteiger partial charge in [-0.2, -0.15) is 0 Å². The summed E-state index contributed by atoms with van der Waals surface area (Å²) in [7, 11) is 1.35. The highest BCUT2D eigenvalue weighted by molar-refractivity contribution is 6.31. The normalized spacial score (nSPS) is 10.3. The smallest absolute Gasteiger partial charge is 0.203 e. The number of methoxy groups -OCH3 is 1. The van der Waals surface area contributed by atoms with Crippen LogP contribution in [0.2, 0.25) is 5.02 Å². The van der Waals surface area contributed by atoms with E-state index in [1.165, 1.54) is 37.6 Å². The number of rotatable bonds is 3. The van der Waals surface area contributed by atoms with Gasteiger partial charge in [-0.25, -0.2) is 9.37 Å². The third-order valence-corrected chi connectivity index (χ3v) is 2.76. The molecule has 1 aromatic heterocycles. The highest BCUT2D eigenvalue weighted by Gasteiger charge is 2.21. The Morgan fingerprint density at radius 2 is 2.21 bits per heavy atom. The number of benzene rings is 1. The van der Waals surface area contributed by atoms with Crippen molar-refractivity contribution in [2.24, 2.45) is 0 Å². The van der Waals surface area contributed by atoms with Crippen LogP contribution in [0.4, 0.5) is 10.2 Å². The van der Waals surface area contributed by atoms with Crippen LogP contribution in [0.15, 0.2) is 30.5 Å². The van der Waals surface area contributed by atoms with E-state index < -0.39 is 11.6 Å². The molecule has 0 unspecified atom stereocenters. The van der Waals surface area contributed by atoms with Crippen molar-refractivity contribution in [1.82, 2.24) is 4.98 Å². The quantitative estimate of drug-likeness (QED) is 0.878. The minimum Gasteiger partial charge on any atom is -0.496 e. The first kappa shape index (κ1) is 13.3. The van der Waals surface area contributed by atoms with E-state index in [0.29, 0.717) is 0 Å². The van der Waals surface area contributed by atoms with Crippen molar-refractivity contribution in [1.29, 1.82) is 0 Å². The number of hydrogen-bond acceptors (Lipinski definition) is 4. The lowest BCUT2D eigenvalue weighted by atomic mass is 10.0. The fourth-order valence-electron chi connectivity index (χ4n) is 1.66. The predicted octanol–water partition coefficient (Wildman–Crippen LogP) is 2.70. The lowest BCUT2D eigenvalue weighted by Gasteiger charge is -2.09. The van der Waals surface area contributed by atoms with Crippen LogP contribution in [-0.2, 0) is 0 Å². The number of nitrogens with zero attached hydrogens (tertiary/aromatic N) is 1. The fraction of sp³-hybridized carbons (Fsp3) is 0.0769. The van der Waals surface area contributed by atoms with Crippen molar-refractivity contribution in [3.05, 3.63) is 52.4 Å². The summed E-state index contributed by atoms with van der Waals surface area (Å²) in [6.45, 7) is 0. The second-order valence-corrected chi connectivity index (χ2v) is 4.17. The lowest BCUT2D eigenvalue weighted by molar-refractivity contribution is 0.103. The highest BCUT2D eigenvalue weighted by atomic mass is 35.5. The summed E-state index contributed by atoms with van der Waals surface area (Å²) >= 11 is 5.77. The maximum Gasteiger partial charge on any atom is 0.203 e. The molecule has 1 aromatic carbocycles. The van der Waals surface area contributed by atoms with Crippen LogP contribution in [0.5, 0.6) is 5.75 Å². The van der Waals surface area contributed by atoms with E-state index in [-0.39, 0.29) is 27.7 Å². The number of hydrogen-bond donors (Lipinski definition) is 1. The number of pyridine rings is 1. The van der Waals surface area contributed by atoms with Gasteiger partial charge in [-0.1, -0.05) is 17.7 Å². The molecular formula is C13H10ClFN2O2. The zero-order valence-electron chi connectivity index (χ0n) is 9.98. The molecule has 0 aliphatic heterocycles. The Labute approximate surface area is 114 Å². The van der Waals surface area contributed by atoms with Crippen LogP contribution in [0.1, 0.15) is 15.9 Å². The number of nitrogens with two attached hydrogens (primary N) is 1. The fourth-order valence-corrected chi connectivity index (χ4v) is 1.82. The zero-order valence-corrected chi connectivity index (χ0v) is 10.7. The van der Waals surface area contributed by atoms with Crippen molar-refractivity contribution in [3.8, 4) is 5.75 Å². The first-order chi connectivity index (χ1) is 9.04. The number of ketones is 1. The van der Waals surface area contributed by atoms with E-state index in [1.54, 1.807) is 0 Å². The molecule has 6 heteroatoms. The molecule has 2 N–H and O–H groups in total. The molecule has 0 saturated heterocycles. The molecule has 0 bridgehead atoms. The SMILES string of the molecule is COc1cccc(F)c1C(=O)c1cc(Cl)cnc1N. The van der Waals surface area contributed by atoms with E-state index in [0.717, 1.165) is 0 Å². The molecule has 0 radical (unpaired) electrons. The van der Waals surface area contributed by atoms with E-state index in [4.69, 9.17) is 22.1 Å². The first-order valence-electron chi connectivity index (χ1n) is 5.32. The van der Waals surface area contributed by atoms with Crippen molar-refractivity contribution in [3.63, 3.8) is 0 Å². The summed E-state index contributed by atoms with van der Waals surface area (Å²) in [6.07, 6.45) is 1.31. The highest BCUT2D eigenvalue weighted by Crippen LogP contribution is 2.26. The molecule has 0 aliphatic rings. The molecule has 2 rings (SSSR count). The zero-order chi connectivity index (χ0) is 14.0. The Hall–Kier alpha value is -2.14. The summed E-state index contributed by atoms with van der Waals surface area (Å²) in [5.74, 6) is -1.20. The largest absolute Gasteiger partial charge is 0.496 e. The molecule has 19 heavy (non-hydrogen) atoms. The molecule has 0 atom stereocenters. The minimum absolute atomic E-state index is 0.0142. The molecule has 0 saturated carbocycles. The molecular weight excluding hydrogens is 271 g/mol. The molecule has 0 amide bonds. The minimum atomic E-state index is -0.691. The Morgan fingerprint density at radius 3 is 2.89 bits per heavy atom. The maximum atomic E-state index is 13.8. The summed E-state index contributed by atoms with van der Waals surface area (Å²) in [5.41, 5.74) is 5.46. The van der Waals surface area contributed by atoms with Gasteiger partial charge in [0.25, 0.3) is 0 Å². The molecule has 2 aromatic rings. The van der Waals surface area contributed by atoms with Crippen LogP contribution in [0, 0.1) is 5.82 Å². The maximum absolute atomic E-state index is 13.8. The lowest BCUT2D eigenvalue weighted by Crippen LogP contribution is -2.10. The van der Waals surface area contributed by atoms with Gasteiger partial charge in [-0.3, -0.25) is 4.79 Å². The number of nitrogen functional groups attached to an aromatic ring is 1. The van der Waals surface area contributed by atoms with Gasteiger partial charge in [0.05, 0.1) is 17.7 Å². The third kappa shape index (κ3) is 2.51. The van der Waals surface area contributed by atoms with E-state index in [1.807, 2.05) is 0 Å². The molecule has 0 fully saturated rings. The van der Waals surface area contributed by atoms with E-state index in [2.05, 4.69) is 4.98 Å². The van der Waals surface area contributed by atoms with Crippen LogP contribution in [-0.4, -0.2) is 17.9 Å². The molecule has 4 nitrogen and oxygen atoms in total. The van der Waals surface area contributed by atoms with Gasteiger partial charge < -0.3 is 10.5 Å². The number of ether oxygens (including phenoxy) is 1. The van der Waals surface area contributed by atoms with Crippen molar-refractivity contribution < 1.29 is 13.9 Å². The van der Waals surface area contributed by atoms with Gasteiger partial charge in [-0.15, -0.1) is 0 Å². The number of halogens is 2. The van der Waals surface area contributed by atoms with Gasteiger partial charge in [0.1, 0.15) is 22.9 Å². The topological polar surface area (TPSA) is 65.2 Å². The van der Waals surface area contributed by atoms with Crippen molar-refractivity contribution in [2.75, 3.05) is 12.8 Å². The summed E-state index contributed by atoms with van der Waals surface area (Å²) in [6, 6.07) is 5.46. The molecule has 1 heterocycles. The van der Waals surface area contributed by atoms with Crippen LogP contribution < -0.4 is 10.5 Å². The van der Waals surface area contributed by atoms with Crippen LogP contribution in [0.3, 0.4) is 0 Å². The summed E-state index contributed by atoms with van der Waals surface area (Å²) in [4.78, 5) is 16.1. The number of carbonyl (C=O) groups is 1. The number of anilines is 1. The third-order valence-electron chi connectivity index (χ3n) is 2.55. The predicted molar refractivity (Wildman–Crippen MR) is 70.0 cm³/mol.